The Kier molecular flexibility index (Phi) is 4.50. The molecular weight excluding hydrogens is 312 g/mol. The fraction of sp³-hybridized carbons (Fsp3) is 0.500. The average molecular weight is 334 g/mol. The van der Waals surface area contributed by atoms with Crippen LogP contribution in [-0.4, -0.2) is 47.6 Å². The maximum absolute atomic E-state index is 11.8. The van der Waals surface area contributed by atoms with Gasteiger partial charge in [0, 0.05) is 20.5 Å². The number of fused-ring (bicyclic) bond motifs is 1. The maximum Gasteiger partial charge on any atom is 0.213 e. The molecule has 7 heteroatoms. The zero-order chi connectivity index (χ0) is 16.4. The van der Waals surface area contributed by atoms with Crippen molar-refractivity contribution in [1.82, 2.24) is 19.3 Å². The van der Waals surface area contributed by atoms with E-state index in [0.717, 1.165) is 18.5 Å². The lowest BCUT2D eigenvalue weighted by atomic mass is 9.90. The highest BCUT2D eigenvalue weighted by Crippen LogP contribution is 2.26. The number of aryl methyl sites for hydroxylation is 2. The maximum atomic E-state index is 11.8. The van der Waals surface area contributed by atoms with Gasteiger partial charge in [-0.15, -0.1) is 5.10 Å². The molecule has 0 radical (unpaired) electrons. The molecule has 23 heavy (non-hydrogen) atoms. The SMILES string of the molecule is CN(C)S(=O)(=O)CCc1cn(-c2cccc3c2CCCC3)nn1. The van der Waals surface area contributed by atoms with Gasteiger partial charge in [-0.2, -0.15) is 0 Å². The number of hydrogen-bond acceptors (Lipinski definition) is 4. The van der Waals surface area contributed by atoms with Crippen LogP contribution in [0.2, 0.25) is 0 Å². The van der Waals surface area contributed by atoms with Crippen LogP contribution in [-0.2, 0) is 29.3 Å². The summed E-state index contributed by atoms with van der Waals surface area (Å²) in [6.07, 6.45) is 6.83. The number of sulfonamides is 1. The van der Waals surface area contributed by atoms with Crippen LogP contribution in [0.25, 0.3) is 5.69 Å². The molecule has 0 bridgehead atoms. The molecule has 1 aromatic heterocycles. The van der Waals surface area contributed by atoms with Gasteiger partial charge >= 0.3 is 0 Å². The number of benzene rings is 1. The minimum Gasteiger partial charge on any atom is -0.220 e. The molecule has 0 saturated heterocycles. The van der Waals surface area contributed by atoms with Crippen LogP contribution >= 0.6 is 0 Å². The van der Waals surface area contributed by atoms with Crippen molar-refractivity contribution in [3.8, 4) is 5.69 Å². The lowest BCUT2D eigenvalue weighted by Gasteiger charge is -2.18. The van der Waals surface area contributed by atoms with Gasteiger partial charge in [-0.1, -0.05) is 17.3 Å². The van der Waals surface area contributed by atoms with Gasteiger partial charge in [0.1, 0.15) is 0 Å². The smallest absolute Gasteiger partial charge is 0.213 e. The lowest BCUT2D eigenvalue weighted by Crippen LogP contribution is -2.26. The Hall–Kier alpha value is -1.73. The summed E-state index contributed by atoms with van der Waals surface area (Å²) < 4.78 is 26.7. The van der Waals surface area contributed by atoms with Crippen molar-refractivity contribution in [3.63, 3.8) is 0 Å². The fourth-order valence-corrected chi connectivity index (χ4v) is 3.75. The summed E-state index contributed by atoms with van der Waals surface area (Å²) in [5.74, 6) is 0.0472. The van der Waals surface area contributed by atoms with Crippen molar-refractivity contribution < 1.29 is 8.42 Å². The van der Waals surface area contributed by atoms with E-state index in [9.17, 15) is 8.42 Å². The second-order valence-electron chi connectivity index (χ2n) is 6.12. The molecule has 3 rings (SSSR count). The fourth-order valence-electron chi connectivity index (χ4n) is 2.92. The number of aromatic nitrogens is 3. The van der Waals surface area contributed by atoms with Crippen molar-refractivity contribution in [3.05, 3.63) is 41.2 Å². The van der Waals surface area contributed by atoms with E-state index in [2.05, 4.69) is 28.5 Å². The Morgan fingerprint density at radius 1 is 1.22 bits per heavy atom. The summed E-state index contributed by atoms with van der Waals surface area (Å²) in [4.78, 5) is 0. The van der Waals surface area contributed by atoms with Gasteiger partial charge in [0.2, 0.25) is 10.0 Å². The summed E-state index contributed by atoms with van der Waals surface area (Å²) in [7, 11) is -0.122. The third kappa shape index (κ3) is 3.45. The Balaban J connectivity index is 1.80. The molecule has 2 aromatic rings. The van der Waals surface area contributed by atoms with E-state index in [0.29, 0.717) is 12.1 Å². The minimum absolute atomic E-state index is 0.0472. The molecular formula is C16H22N4O2S. The summed E-state index contributed by atoms with van der Waals surface area (Å²) in [6.45, 7) is 0. The van der Waals surface area contributed by atoms with Gasteiger partial charge in [-0.25, -0.2) is 17.4 Å². The first-order valence-electron chi connectivity index (χ1n) is 7.90. The van der Waals surface area contributed by atoms with Crippen LogP contribution in [0.4, 0.5) is 0 Å². The molecule has 0 atom stereocenters. The van der Waals surface area contributed by atoms with Gasteiger partial charge in [0.15, 0.2) is 0 Å². The van der Waals surface area contributed by atoms with Gasteiger partial charge in [-0.3, -0.25) is 0 Å². The predicted molar refractivity (Wildman–Crippen MR) is 89.2 cm³/mol. The van der Waals surface area contributed by atoms with E-state index in [1.807, 2.05) is 6.20 Å². The van der Waals surface area contributed by atoms with E-state index >= 15 is 0 Å². The summed E-state index contributed by atoms with van der Waals surface area (Å²) >= 11 is 0. The van der Waals surface area contributed by atoms with Crippen LogP contribution < -0.4 is 0 Å². The highest BCUT2D eigenvalue weighted by molar-refractivity contribution is 7.89. The molecule has 1 aromatic carbocycles. The predicted octanol–water partition coefficient (Wildman–Crippen LogP) is 1.58. The van der Waals surface area contributed by atoms with Gasteiger partial charge in [0.25, 0.3) is 0 Å². The molecule has 0 unspecified atom stereocenters. The van der Waals surface area contributed by atoms with Gasteiger partial charge in [-0.05, 0) is 42.9 Å². The number of nitrogens with zero attached hydrogens (tertiary/aromatic N) is 4. The average Bonchev–Trinajstić information content (AvgIpc) is 3.01. The third-order valence-corrected chi connectivity index (χ3v) is 6.16. The minimum atomic E-state index is -3.21. The van der Waals surface area contributed by atoms with E-state index in [-0.39, 0.29) is 5.75 Å². The van der Waals surface area contributed by atoms with Crippen molar-refractivity contribution in [2.45, 2.75) is 32.1 Å². The van der Waals surface area contributed by atoms with Crippen LogP contribution in [0.15, 0.2) is 24.4 Å². The van der Waals surface area contributed by atoms with E-state index in [1.54, 1.807) is 18.8 Å². The Bertz CT molecular complexity index is 796. The van der Waals surface area contributed by atoms with Crippen molar-refractivity contribution >= 4 is 10.0 Å². The Morgan fingerprint density at radius 2 is 2.00 bits per heavy atom. The summed E-state index contributed by atoms with van der Waals surface area (Å²) in [6, 6.07) is 6.29. The number of rotatable bonds is 5. The highest BCUT2D eigenvalue weighted by atomic mass is 32.2. The molecule has 6 nitrogen and oxygen atoms in total. The first kappa shape index (κ1) is 16.1. The topological polar surface area (TPSA) is 68.1 Å². The molecule has 1 aliphatic rings. The molecule has 1 aliphatic carbocycles. The van der Waals surface area contributed by atoms with Crippen molar-refractivity contribution in [2.75, 3.05) is 19.8 Å². The summed E-state index contributed by atoms with van der Waals surface area (Å²) in [5.41, 5.74) is 4.50. The molecule has 0 aliphatic heterocycles. The van der Waals surface area contributed by atoms with E-state index < -0.39 is 10.0 Å². The van der Waals surface area contributed by atoms with E-state index in [4.69, 9.17) is 0 Å². The summed E-state index contributed by atoms with van der Waals surface area (Å²) in [5, 5.41) is 8.33. The standard InChI is InChI=1S/C16H22N4O2S/c1-19(2)23(21,22)11-10-14-12-20(18-17-14)16-9-5-7-13-6-3-4-8-15(13)16/h5,7,9,12H,3-4,6,8,10-11H2,1-2H3. The normalized spacial score (nSPS) is 14.9. The van der Waals surface area contributed by atoms with Crippen molar-refractivity contribution in [1.29, 1.82) is 0 Å². The second-order valence-corrected chi connectivity index (χ2v) is 8.43. The van der Waals surface area contributed by atoms with E-state index in [1.165, 1.54) is 28.3 Å². The third-order valence-electron chi connectivity index (χ3n) is 4.33. The molecule has 0 fully saturated rings. The zero-order valence-corrected chi connectivity index (χ0v) is 14.4. The second kappa shape index (κ2) is 6.41. The Labute approximate surface area is 137 Å². The first-order chi connectivity index (χ1) is 11.0. The molecule has 0 spiro atoms. The molecule has 0 N–H and O–H groups in total. The molecule has 0 saturated carbocycles. The first-order valence-corrected chi connectivity index (χ1v) is 9.51. The molecule has 0 amide bonds. The quantitative estimate of drug-likeness (QED) is 0.832. The highest BCUT2D eigenvalue weighted by Gasteiger charge is 2.17. The van der Waals surface area contributed by atoms with Crippen LogP contribution in [0.3, 0.4) is 0 Å². The van der Waals surface area contributed by atoms with Crippen LogP contribution in [0.1, 0.15) is 29.7 Å². The van der Waals surface area contributed by atoms with Crippen LogP contribution in [0.5, 0.6) is 0 Å². The monoisotopic (exact) mass is 334 g/mol. The van der Waals surface area contributed by atoms with Gasteiger partial charge < -0.3 is 0 Å². The lowest BCUT2D eigenvalue weighted by molar-refractivity contribution is 0.520. The largest absolute Gasteiger partial charge is 0.220 e. The molecule has 1 heterocycles. The van der Waals surface area contributed by atoms with Crippen molar-refractivity contribution in [2.24, 2.45) is 0 Å². The Morgan fingerprint density at radius 3 is 2.78 bits per heavy atom. The number of hydrogen-bond donors (Lipinski definition) is 0. The zero-order valence-electron chi connectivity index (χ0n) is 13.6. The molecule has 124 valence electrons. The van der Waals surface area contributed by atoms with Crippen LogP contribution in [0, 0.1) is 0 Å². The van der Waals surface area contributed by atoms with Gasteiger partial charge in [0.05, 0.1) is 23.3 Å².